The van der Waals surface area contributed by atoms with Crippen molar-refractivity contribution in [2.75, 3.05) is 26.2 Å². The normalized spacial score (nSPS) is 16.3. The maximum Gasteiger partial charge on any atom is 0.317 e. The van der Waals surface area contributed by atoms with Gasteiger partial charge in [-0.15, -0.1) is 11.3 Å². The van der Waals surface area contributed by atoms with Gasteiger partial charge < -0.3 is 5.11 Å². The van der Waals surface area contributed by atoms with Crippen molar-refractivity contribution in [2.24, 2.45) is 0 Å². The Balaban J connectivity index is 1.54. The highest BCUT2D eigenvalue weighted by Crippen LogP contribution is 2.31. The molecule has 0 unspecified atom stereocenters. The molecule has 3 rings (SSSR count). The Morgan fingerprint density at radius 3 is 2.73 bits per heavy atom. The van der Waals surface area contributed by atoms with Gasteiger partial charge in [0.25, 0.3) is 0 Å². The molecule has 0 saturated carbocycles. The predicted molar refractivity (Wildman–Crippen MR) is 108 cm³/mol. The van der Waals surface area contributed by atoms with Crippen LogP contribution in [0.5, 0.6) is 0 Å². The molecule has 1 aliphatic heterocycles. The molecule has 4 nitrogen and oxygen atoms in total. The van der Waals surface area contributed by atoms with Gasteiger partial charge in [-0.3, -0.25) is 14.6 Å². The number of nitrogens with zero attached hydrogens (tertiary/aromatic N) is 2. The summed E-state index contributed by atoms with van der Waals surface area (Å²) in [6, 6.07) is 12.7. The highest BCUT2D eigenvalue weighted by molar-refractivity contribution is 7.15. The maximum atomic E-state index is 11.0. The first-order valence-electron chi connectivity index (χ1n) is 9.08. The molecule has 2 aromatic rings. The van der Waals surface area contributed by atoms with E-state index < -0.39 is 5.97 Å². The predicted octanol–water partition coefficient (Wildman–Crippen LogP) is 4.44. The standard InChI is InChI=1S/C20H25ClN2O2S/c1-2-23(14-20(24)25)17-8-10-22(11-9-17)13-18-6-7-19(26-18)15-4-3-5-16(21)12-15/h3-7,12,17H,2,8-11,13-14H2,1H3,(H,24,25). The molecule has 0 spiro atoms. The maximum absolute atomic E-state index is 11.0. The van der Waals surface area contributed by atoms with Gasteiger partial charge >= 0.3 is 5.97 Å². The van der Waals surface area contributed by atoms with Gasteiger partial charge in [0.05, 0.1) is 6.54 Å². The van der Waals surface area contributed by atoms with Gasteiger partial charge in [0.2, 0.25) is 0 Å². The SMILES string of the molecule is CCN(CC(=O)O)C1CCN(Cc2ccc(-c3cccc(Cl)c3)s2)CC1. The molecular weight excluding hydrogens is 368 g/mol. The van der Waals surface area contributed by atoms with Crippen molar-refractivity contribution in [3.8, 4) is 10.4 Å². The van der Waals surface area contributed by atoms with Crippen LogP contribution in [0.4, 0.5) is 0 Å². The highest BCUT2D eigenvalue weighted by atomic mass is 35.5. The first kappa shape index (κ1) is 19.4. The third-order valence-electron chi connectivity index (χ3n) is 4.97. The second-order valence-electron chi connectivity index (χ2n) is 6.74. The van der Waals surface area contributed by atoms with E-state index in [2.05, 4.69) is 28.0 Å². The van der Waals surface area contributed by atoms with Gasteiger partial charge in [-0.1, -0.05) is 30.7 Å². The number of hydrogen-bond donors (Lipinski definition) is 1. The largest absolute Gasteiger partial charge is 0.480 e. The molecule has 0 atom stereocenters. The fourth-order valence-electron chi connectivity index (χ4n) is 3.60. The Kier molecular flexibility index (Phi) is 6.70. The summed E-state index contributed by atoms with van der Waals surface area (Å²) in [7, 11) is 0. The summed E-state index contributed by atoms with van der Waals surface area (Å²) < 4.78 is 0. The number of carboxylic acid groups (broad SMARTS) is 1. The fraction of sp³-hybridized carbons (Fsp3) is 0.450. The van der Waals surface area contributed by atoms with Crippen LogP contribution < -0.4 is 0 Å². The van der Waals surface area contributed by atoms with Crippen LogP contribution in [0.25, 0.3) is 10.4 Å². The van der Waals surface area contributed by atoms with Gasteiger partial charge in [-0.25, -0.2) is 0 Å². The monoisotopic (exact) mass is 392 g/mol. The van der Waals surface area contributed by atoms with Crippen molar-refractivity contribution in [2.45, 2.75) is 32.4 Å². The first-order chi connectivity index (χ1) is 12.5. The number of piperidine rings is 1. The van der Waals surface area contributed by atoms with Crippen LogP contribution in [-0.2, 0) is 11.3 Å². The summed E-state index contributed by atoms with van der Waals surface area (Å²) in [5.41, 5.74) is 1.17. The molecule has 0 aliphatic carbocycles. The van der Waals surface area contributed by atoms with Crippen LogP contribution >= 0.6 is 22.9 Å². The molecule has 1 fully saturated rings. The van der Waals surface area contributed by atoms with E-state index in [1.54, 1.807) is 0 Å². The Morgan fingerprint density at radius 1 is 1.31 bits per heavy atom. The van der Waals surface area contributed by atoms with E-state index in [0.29, 0.717) is 6.04 Å². The van der Waals surface area contributed by atoms with Crippen LogP contribution in [0.1, 0.15) is 24.6 Å². The third kappa shape index (κ3) is 5.07. The number of carbonyl (C=O) groups is 1. The molecule has 0 amide bonds. The van der Waals surface area contributed by atoms with E-state index in [0.717, 1.165) is 44.0 Å². The number of thiophene rings is 1. The van der Waals surface area contributed by atoms with Crippen molar-refractivity contribution in [3.05, 3.63) is 46.3 Å². The summed E-state index contributed by atoms with van der Waals surface area (Å²) in [4.78, 5) is 18.2. The van der Waals surface area contributed by atoms with Crippen molar-refractivity contribution in [1.82, 2.24) is 9.80 Å². The lowest BCUT2D eigenvalue weighted by atomic mass is 10.0. The van der Waals surface area contributed by atoms with Gasteiger partial charge in [-0.2, -0.15) is 0 Å². The number of rotatable bonds is 7. The summed E-state index contributed by atoms with van der Waals surface area (Å²) in [5.74, 6) is -0.735. The number of benzene rings is 1. The van der Waals surface area contributed by atoms with Crippen molar-refractivity contribution < 1.29 is 9.90 Å². The van der Waals surface area contributed by atoms with Crippen LogP contribution in [0, 0.1) is 0 Å². The molecule has 0 radical (unpaired) electrons. The van der Waals surface area contributed by atoms with E-state index in [4.69, 9.17) is 16.7 Å². The quantitative estimate of drug-likeness (QED) is 0.756. The number of carboxylic acids is 1. The Morgan fingerprint density at radius 2 is 2.08 bits per heavy atom. The number of aliphatic carboxylic acids is 1. The summed E-state index contributed by atoms with van der Waals surface area (Å²) in [6.45, 7) is 5.98. The lowest BCUT2D eigenvalue weighted by molar-refractivity contribution is -0.139. The Bertz CT molecular complexity index is 741. The molecular formula is C20H25ClN2O2S. The Labute approximate surface area is 164 Å². The van der Waals surface area contributed by atoms with Crippen molar-refractivity contribution >= 4 is 28.9 Å². The van der Waals surface area contributed by atoms with Crippen molar-refractivity contribution in [1.29, 1.82) is 0 Å². The molecule has 26 heavy (non-hydrogen) atoms. The average molecular weight is 393 g/mol. The van der Waals surface area contributed by atoms with Gasteiger partial charge in [0, 0.05) is 40.5 Å². The van der Waals surface area contributed by atoms with Crippen molar-refractivity contribution in [3.63, 3.8) is 0 Å². The molecule has 1 aliphatic rings. The van der Waals surface area contributed by atoms with E-state index in [1.165, 1.54) is 15.3 Å². The molecule has 6 heteroatoms. The van der Waals surface area contributed by atoms with Crippen LogP contribution in [-0.4, -0.2) is 53.1 Å². The number of likely N-dealkylation sites (N-methyl/N-ethyl adjacent to an activating group) is 1. The van der Waals surface area contributed by atoms with Crippen LogP contribution in [0.15, 0.2) is 36.4 Å². The lowest BCUT2D eigenvalue weighted by Gasteiger charge is -2.37. The molecule has 1 aromatic heterocycles. The minimum Gasteiger partial charge on any atom is -0.480 e. The third-order valence-corrected chi connectivity index (χ3v) is 6.32. The van der Waals surface area contributed by atoms with Gasteiger partial charge in [0.1, 0.15) is 0 Å². The molecule has 1 aromatic carbocycles. The van der Waals surface area contributed by atoms with E-state index in [9.17, 15) is 4.79 Å². The number of hydrogen-bond acceptors (Lipinski definition) is 4. The van der Waals surface area contributed by atoms with Gasteiger partial charge in [-0.05, 0) is 49.2 Å². The average Bonchev–Trinajstić information content (AvgIpc) is 3.09. The van der Waals surface area contributed by atoms with Crippen LogP contribution in [0.2, 0.25) is 5.02 Å². The smallest absolute Gasteiger partial charge is 0.317 e. The minimum atomic E-state index is -0.735. The molecule has 0 bridgehead atoms. The molecule has 140 valence electrons. The zero-order valence-corrected chi connectivity index (χ0v) is 16.6. The Hall–Kier alpha value is -1.40. The zero-order chi connectivity index (χ0) is 18.5. The summed E-state index contributed by atoms with van der Waals surface area (Å²) >= 11 is 7.92. The summed E-state index contributed by atoms with van der Waals surface area (Å²) in [6.07, 6.45) is 2.07. The minimum absolute atomic E-state index is 0.148. The zero-order valence-electron chi connectivity index (χ0n) is 15.0. The molecule has 2 heterocycles. The fourth-order valence-corrected chi connectivity index (χ4v) is 4.83. The first-order valence-corrected chi connectivity index (χ1v) is 10.3. The summed E-state index contributed by atoms with van der Waals surface area (Å²) in [5, 5.41) is 9.81. The van der Waals surface area contributed by atoms with E-state index >= 15 is 0 Å². The topological polar surface area (TPSA) is 43.8 Å². The second kappa shape index (κ2) is 9.00. The highest BCUT2D eigenvalue weighted by Gasteiger charge is 2.25. The number of likely N-dealkylation sites (tertiary alicyclic amines) is 1. The second-order valence-corrected chi connectivity index (χ2v) is 8.35. The molecule has 1 N–H and O–H groups in total. The van der Waals surface area contributed by atoms with E-state index in [-0.39, 0.29) is 6.54 Å². The van der Waals surface area contributed by atoms with Gasteiger partial charge in [0.15, 0.2) is 0 Å². The lowest BCUT2D eigenvalue weighted by Crippen LogP contribution is -2.46. The van der Waals surface area contributed by atoms with Crippen LogP contribution in [0.3, 0.4) is 0 Å². The number of halogens is 1. The van der Waals surface area contributed by atoms with E-state index in [1.807, 2.05) is 36.5 Å². The molecule has 1 saturated heterocycles.